The van der Waals surface area contributed by atoms with Crippen molar-refractivity contribution in [2.24, 2.45) is 11.5 Å². The quantitative estimate of drug-likeness (QED) is 0.831. The summed E-state index contributed by atoms with van der Waals surface area (Å²) in [6.45, 7) is 0.484. The van der Waals surface area contributed by atoms with Crippen molar-refractivity contribution >= 4 is 11.3 Å². The highest BCUT2D eigenvalue weighted by Gasteiger charge is 2.03. The molecule has 0 aliphatic heterocycles. The SMILES string of the molecule is NCC(N)c1ccc(-c2ccsc2)cc1. The fourth-order valence-corrected chi connectivity index (χ4v) is 2.15. The van der Waals surface area contributed by atoms with E-state index in [9.17, 15) is 0 Å². The zero-order valence-corrected chi connectivity index (χ0v) is 9.21. The van der Waals surface area contributed by atoms with Crippen LogP contribution in [0.5, 0.6) is 0 Å². The molecular weight excluding hydrogens is 204 g/mol. The Bertz CT molecular complexity index is 406. The minimum atomic E-state index is -0.0541. The summed E-state index contributed by atoms with van der Waals surface area (Å²) in [5, 5.41) is 4.22. The van der Waals surface area contributed by atoms with Crippen LogP contribution >= 0.6 is 11.3 Å². The molecule has 3 heteroatoms. The van der Waals surface area contributed by atoms with Gasteiger partial charge in [0, 0.05) is 12.6 Å². The van der Waals surface area contributed by atoms with Crippen molar-refractivity contribution < 1.29 is 0 Å². The standard InChI is InChI=1S/C12H14N2S/c13-7-12(14)10-3-1-9(2-4-10)11-5-6-15-8-11/h1-6,8,12H,7,13-14H2. The summed E-state index contributed by atoms with van der Waals surface area (Å²) in [7, 11) is 0. The van der Waals surface area contributed by atoms with Gasteiger partial charge < -0.3 is 11.5 Å². The average molecular weight is 218 g/mol. The Balaban J connectivity index is 2.25. The molecule has 2 nitrogen and oxygen atoms in total. The van der Waals surface area contributed by atoms with Crippen molar-refractivity contribution in [3.63, 3.8) is 0 Å². The van der Waals surface area contributed by atoms with E-state index in [-0.39, 0.29) is 6.04 Å². The van der Waals surface area contributed by atoms with E-state index in [4.69, 9.17) is 11.5 Å². The van der Waals surface area contributed by atoms with Crippen LogP contribution in [0.25, 0.3) is 11.1 Å². The van der Waals surface area contributed by atoms with E-state index >= 15 is 0 Å². The molecule has 2 aromatic rings. The predicted molar refractivity (Wildman–Crippen MR) is 65.7 cm³/mol. The van der Waals surface area contributed by atoms with Crippen molar-refractivity contribution in [1.82, 2.24) is 0 Å². The van der Waals surface area contributed by atoms with Crippen molar-refractivity contribution in [2.75, 3.05) is 6.54 Å². The van der Waals surface area contributed by atoms with E-state index in [2.05, 4.69) is 29.0 Å². The monoisotopic (exact) mass is 218 g/mol. The van der Waals surface area contributed by atoms with Gasteiger partial charge in [0.15, 0.2) is 0 Å². The summed E-state index contributed by atoms with van der Waals surface area (Å²) in [5.41, 5.74) is 14.9. The number of nitrogens with two attached hydrogens (primary N) is 2. The maximum absolute atomic E-state index is 5.84. The van der Waals surface area contributed by atoms with Crippen LogP contribution in [0.1, 0.15) is 11.6 Å². The molecule has 1 heterocycles. The minimum Gasteiger partial charge on any atom is -0.329 e. The van der Waals surface area contributed by atoms with Crippen LogP contribution in [0.2, 0.25) is 0 Å². The van der Waals surface area contributed by atoms with Crippen molar-refractivity contribution in [3.05, 3.63) is 46.7 Å². The second-order valence-corrected chi connectivity index (χ2v) is 4.26. The Labute approximate surface area is 93.5 Å². The molecule has 0 fully saturated rings. The van der Waals surface area contributed by atoms with Gasteiger partial charge in [0.2, 0.25) is 0 Å². The number of hydrogen-bond donors (Lipinski definition) is 2. The van der Waals surface area contributed by atoms with E-state index in [1.54, 1.807) is 11.3 Å². The Hall–Kier alpha value is -1.16. The Kier molecular flexibility index (Phi) is 3.16. The molecule has 0 saturated carbocycles. The summed E-state index contributed by atoms with van der Waals surface area (Å²) in [6.07, 6.45) is 0. The lowest BCUT2D eigenvalue weighted by atomic mass is 10.0. The highest BCUT2D eigenvalue weighted by Crippen LogP contribution is 2.23. The number of benzene rings is 1. The first kappa shape index (κ1) is 10.4. The fourth-order valence-electron chi connectivity index (χ4n) is 1.49. The maximum Gasteiger partial charge on any atom is 0.0419 e. The molecule has 0 spiro atoms. The lowest BCUT2D eigenvalue weighted by Crippen LogP contribution is -2.20. The molecule has 0 bridgehead atoms. The van der Waals surface area contributed by atoms with Gasteiger partial charge in [-0.1, -0.05) is 24.3 Å². The van der Waals surface area contributed by atoms with Crippen LogP contribution in [-0.2, 0) is 0 Å². The molecule has 0 aliphatic carbocycles. The van der Waals surface area contributed by atoms with Crippen LogP contribution in [0.15, 0.2) is 41.1 Å². The molecule has 4 N–H and O–H groups in total. The molecule has 78 valence electrons. The van der Waals surface area contributed by atoms with E-state index in [0.717, 1.165) is 5.56 Å². The summed E-state index contributed by atoms with van der Waals surface area (Å²) in [5.74, 6) is 0. The topological polar surface area (TPSA) is 52.0 Å². The molecule has 0 amide bonds. The molecule has 15 heavy (non-hydrogen) atoms. The van der Waals surface area contributed by atoms with Crippen LogP contribution in [0.3, 0.4) is 0 Å². The summed E-state index contributed by atoms with van der Waals surface area (Å²) < 4.78 is 0. The first-order chi connectivity index (χ1) is 7.31. The molecular formula is C12H14N2S. The zero-order valence-electron chi connectivity index (χ0n) is 8.39. The maximum atomic E-state index is 5.84. The van der Waals surface area contributed by atoms with E-state index in [1.165, 1.54) is 11.1 Å². The van der Waals surface area contributed by atoms with Gasteiger partial charge in [-0.25, -0.2) is 0 Å². The largest absolute Gasteiger partial charge is 0.329 e. The first-order valence-electron chi connectivity index (χ1n) is 4.89. The van der Waals surface area contributed by atoms with Gasteiger partial charge in [-0.2, -0.15) is 11.3 Å². The Morgan fingerprint density at radius 3 is 2.33 bits per heavy atom. The third-order valence-corrected chi connectivity index (χ3v) is 3.13. The number of thiophene rings is 1. The van der Waals surface area contributed by atoms with Gasteiger partial charge in [-0.15, -0.1) is 0 Å². The molecule has 1 aromatic heterocycles. The average Bonchev–Trinajstić information content (AvgIpc) is 2.82. The zero-order chi connectivity index (χ0) is 10.7. The van der Waals surface area contributed by atoms with Gasteiger partial charge in [0.05, 0.1) is 0 Å². The highest BCUT2D eigenvalue weighted by atomic mass is 32.1. The van der Waals surface area contributed by atoms with Crippen LogP contribution in [0, 0.1) is 0 Å². The van der Waals surface area contributed by atoms with Crippen LogP contribution in [0.4, 0.5) is 0 Å². The third kappa shape index (κ3) is 2.26. The van der Waals surface area contributed by atoms with E-state index in [1.807, 2.05) is 12.1 Å². The molecule has 1 aromatic carbocycles. The normalized spacial score (nSPS) is 12.7. The lowest BCUT2D eigenvalue weighted by Gasteiger charge is -2.09. The van der Waals surface area contributed by atoms with Crippen molar-refractivity contribution in [1.29, 1.82) is 0 Å². The van der Waals surface area contributed by atoms with Crippen LogP contribution in [-0.4, -0.2) is 6.54 Å². The Morgan fingerprint density at radius 2 is 1.80 bits per heavy atom. The summed E-state index contributed by atoms with van der Waals surface area (Å²) in [6, 6.07) is 10.3. The third-order valence-electron chi connectivity index (χ3n) is 2.45. The van der Waals surface area contributed by atoms with Gasteiger partial charge >= 0.3 is 0 Å². The van der Waals surface area contributed by atoms with Crippen LogP contribution < -0.4 is 11.5 Å². The minimum absolute atomic E-state index is 0.0541. The first-order valence-corrected chi connectivity index (χ1v) is 5.83. The second-order valence-electron chi connectivity index (χ2n) is 3.48. The second kappa shape index (κ2) is 4.57. The predicted octanol–water partition coefficient (Wildman–Crippen LogP) is 2.37. The number of hydrogen-bond acceptors (Lipinski definition) is 3. The molecule has 2 rings (SSSR count). The summed E-state index contributed by atoms with van der Waals surface area (Å²) >= 11 is 1.70. The van der Waals surface area contributed by atoms with Gasteiger partial charge in [-0.05, 0) is 33.5 Å². The molecule has 0 aliphatic rings. The molecule has 1 unspecified atom stereocenters. The van der Waals surface area contributed by atoms with Gasteiger partial charge in [-0.3, -0.25) is 0 Å². The van der Waals surface area contributed by atoms with Crippen molar-refractivity contribution in [2.45, 2.75) is 6.04 Å². The fraction of sp³-hybridized carbons (Fsp3) is 0.167. The molecule has 0 saturated heterocycles. The lowest BCUT2D eigenvalue weighted by molar-refractivity contribution is 0.737. The van der Waals surface area contributed by atoms with E-state index < -0.39 is 0 Å². The summed E-state index contributed by atoms with van der Waals surface area (Å²) in [4.78, 5) is 0. The number of rotatable bonds is 3. The highest BCUT2D eigenvalue weighted by molar-refractivity contribution is 7.08. The smallest absolute Gasteiger partial charge is 0.0419 e. The van der Waals surface area contributed by atoms with E-state index in [0.29, 0.717) is 6.54 Å². The molecule has 1 atom stereocenters. The van der Waals surface area contributed by atoms with Gasteiger partial charge in [0.25, 0.3) is 0 Å². The molecule has 0 radical (unpaired) electrons. The Morgan fingerprint density at radius 1 is 1.07 bits per heavy atom. The van der Waals surface area contributed by atoms with Crippen molar-refractivity contribution in [3.8, 4) is 11.1 Å². The van der Waals surface area contributed by atoms with Gasteiger partial charge in [0.1, 0.15) is 0 Å².